The molecule has 2 aromatic rings. The number of rotatable bonds is 2. The number of benzene rings is 1. The van der Waals surface area contributed by atoms with E-state index < -0.39 is 0 Å². The van der Waals surface area contributed by atoms with Gasteiger partial charge in [0.1, 0.15) is 0 Å². The van der Waals surface area contributed by atoms with E-state index in [-0.39, 0.29) is 0 Å². The molecule has 0 saturated heterocycles. The molecule has 3 rings (SSSR count). The molecule has 1 aliphatic heterocycles. The first-order valence-electron chi connectivity index (χ1n) is 6.64. The third-order valence-electron chi connectivity index (χ3n) is 3.02. The van der Waals surface area contributed by atoms with Crippen LogP contribution in [0.5, 0.6) is 0 Å². The maximum absolute atomic E-state index is 4.64. The summed E-state index contributed by atoms with van der Waals surface area (Å²) in [7, 11) is 0. The molecule has 1 aromatic carbocycles. The largest absolute Gasteiger partial charge is 0.255 e. The van der Waals surface area contributed by atoms with E-state index in [2.05, 4.69) is 21.0 Å². The van der Waals surface area contributed by atoms with Crippen LogP contribution < -0.4 is 0 Å². The highest BCUT2D eigenvalue weighted by atomic mass is 14.9. The third kappa shape index (κ3) is 2.72. The van der Waals surface area contributed by atoms with Crippen LogP contribution in [0.1, 0.15) is 17.8 Å². The van der Waals surface area contributed by atoms with Gasteiger partial charge in [0, 0.05) is 17.5 Å². The Labute approximate surface area is 118 Å². The number of aliphatic imine (C=N–C) groups is 1. The summed E-state index contributed by atoms with van der Waals surface area (Å²) in [5.74, 6) is 0.741. The van der Waals surface area contributed by atoms with Gasteiger partial charge in [-0.25, -0.2) is 9.97 Å². The van der Waals surface area contributed by atoms with Gasteiger partial charge in [-0.15, -0.1) is 0 Å². The minimum absolute atomic E-state index is 0.741. The molecule has 0 radical (unpaired) electrons. The molecule has 0 unspecified atom stereocenters. The zero-order valence-corrected chi connectivity index (χ0v) is 11.3. The van der Waals surface area contributed by atoms with E-state index in [0.717, 1.165) is 34.9 Å². The van der Waals surface area contributed by atoms with Gasteiger partial charge >= 0.3 is 0 Å². The van der Waals surface area contributed by atoms with Crippen molar-refractivity contribution in [2.24, 2.45) is 4.99 Å². The number of allylic oxidation sites excluding steroid dienone is 3. The molecule has 0 spiro atoms. The molecule has 0 fully saturated rings. The summed E-state index contributed by atoms with van der Waals surface area (Å²) in [5, 5.41) is 0. The number of aromatic nitrogens is 2. The highest BCUT2D eigenvalue weighted by molar-refractivity contribution is 6.08. The summed E-state index contributed by atoms with van der Waals surface area (Å²) in [6.07, 6.45) is 8.85. The Hall–Kier alpha value is -2.55. The van der Waals surface area contributed by atoms with Crippen LogP contribution in [0, 0.1) is 6.92 Å². The first-order chi connectivity index (χ1) is 9.83. The topological polar surface area (TPSA) is 38.1 Å². The molecule has 0 amide bonds. The van der Waals surface area contributed by atoms with Crippen molar-refractivity contribution in [1.82, 2.24) is 9.97 Å². The van der Waals surface area contributed by atoms with Crippen LogP contribution in [-0.4, -0.2) is 15.7 Å². The predicted octanol–water partition coefficient (Wildman–Crippen LogP) is 3.71. The SMILES string of the molecule is Cc1cc(C2=NC=CCC=C2)nc(-c2ccccc2)n1. The molecule has 0 bridgehead atoms. The second-order valence-electron chi connectivity index (χ2n) is 4.62. The summed E-state index contributed by atoms with van der Waals surface area (Å²) in [5.41, 5.74) is 3.70. The molecular formula is C17H15N3. The first-order valence-corrected chi connectivity index (χ1v) is 6.64. The number of aryl methyl sites for hydroxylation is 1. The fraction of sp³-hybridized carbons (Fsp3) is 0.118. The van der Waals surface area contributed by atoms with Crippen LogP contribution in [0.4, 0.5) is 0 Å². The average Bonchev–Trinajstić information content (AvgIpc) is 2.77. The van der Waals surface area contributed by atoms with E-state index in [0.29, 0.717) is 0 Å². The van der Waals surface area contributed by atoms with Gasteiger partial charge in [0.2, 0.25) is 0 Å². The Bertz CT molecular complexity index is 697. The van der Waals surface area contributed by atoms with Crippen molar-refractivity contribution in [3.63, 3.8) is 0 Å². The summed E-state index contributed by atoms with van der Waals surface area (Å²) < 4.78 is 0. The first kappa shape index (κ1) is 12.5. The number of hydrogen-bond donors (Lipinski definition) is 0. The van der Waals surface area contributed by atoms with Gasteiger partial charge in [-0.1, -0.05) is 42.5 Å². The predicted molar refractivity (Wildman–Crippen MR) is 81.6 cm³/mol. The fourth-order valence-corrected chi connectivity index (χ4v) is 2.06. The Balaban J connectivity index is 2.07. The summed E-state index contributed by atoms with van der Waals surface area (Å²) in [4.78, 5) is 13.6. The molecule has 20 heavy (non-hydrogen) atoms. The van der Waals surface area contributed by atoms with Gasteiger partial charge in [0.15, 0.2) is 5.82 Å². The normalized spacial score (nSPS) is 13.9. The zero-order valence-electron chi connectivity index (χ0n) is 11.3. The maximum Gasteiger partial charge on any atom is 0.160 e. The van der Waals surface area contributed by atoms with E-state index in [1.807, 2.05) is 61.7 Å². The molecule has 98 valence electrons. The maximum atomic E-state index is 4.64. The quantitative estimate of drug-likeness (QED) is 0.826. The minimum Gasteiger partial charge on any atom is -0.255 e. The van der Waals surface area contributed by atoms with Crippen molar-refractivity contribution in [2.75, 3.05) is 0 Å². The van der Waals surface area contributed by atoms with Crippen molar-refractivity contribution in [3.8, 4) is 11.4 Å². The number of nitrogens with zero attached hydrogens (tertiary/aromatic N) is 3. The van der Waals surface area contributed by atoms with Gasteiger partial charge in [-0.05, 0) is 25.5 Å². The summed E-state index contributed by atoms with van der Waals surface area (Å²) in [6.45, 7) is 1.98. The van der Waals surface area contributed by atoms with Crippen LogP contribution in [0.2, 0.25) is 0 Å². The van der Waals surface area contributed by atoms with Crippen molar-refractivity contribution >= 4 is 5.71 Å². The fourth-order valence-electron chi connectivity index (χ4n) is 2.06. The van der Waals surface area contributed by atoms with E-state index in [1.54, 1.807) is 0 Å². The van der Waals surface area contributed by atoms with E-state index in [9.17, 15) is 0 Å². The van der Waals surface area contributed by atoms with Crippen molar-refractivity contribution in [2.45, 2.75) is 13.3 Å². The van der Waals surface area contributed by atoms with Crippen molar-refractivity contribution < 1.29 is 0 Å². The van der Waals surface area contributed by atoms with Gasteiger partial charge in [0.25, 0.3) is 0 Å². The molecule has 2 heterocycles. The second-order valence-corrected chi connectivity index (χ2v) is 4.62. The van der Waals surface area contributed by atoms with E-state index in [1.165, 1.54) is 0 Å². The Morgan fingerprint density at radius 1 is 1.00 bits per heavy atom. The molecule has 3 heteroatoms. The minimum atomic E-state index is 0.741. The lowest BCUT2D eigenvalue weighted by molar-refractivity contribution is 1.10. The van der Waals surface area contributed by atoms with Crippen LogP contribution in [0.3, 0.4) is 0 Å². The van der Waals surface area contributed by atoms with Gasteiger partial charge in [-0.3, -0.25) is 4.99 Å². The standard InChI is InChI=1S/C17H15N3/c1-13-12-16(15-10-6-3-7-11-18-15)20-17(19-13)14-8-4-2-5-9-14/h2,4-12H,3H2,1H3. The van der Waals surface area contributed by atoms with Crippen LogP contribution in [-0.2, 0) is 0 Å². The lowest BCUT2D eigenvalue weighted by atomic mass is 10.1. The molecule has 3 nitrogen and oxygen atoms in total. The van der Waals surface area contributed by atoms with E-state index >= 15 is 0 Å². The van der Waals surface area contributed by atoms with Gasteiger partial charge < -0.3 is 0 Å². The Morgan fingerprint density at radius 3 is 2.70 bits per heavy atom. The van der Waals surface area contributed by atoms with Crippen LogP contribution >= 0.6 is 0 Å². The molecule has 1 aliphatic rings. The van der Waals surface area contributed by atoms with Gasteiger partial charge in [0.05, 0.1) is 11.4 Å². The lowest BCUT2D eigenvalue weighted by Gasteiger charge is -2.06. The zero-order chi connectivity index (χ0) is 13.8. The molecule has 0 saturated carbocycles. The molecular weight excluding hydrogens is 246 g/mol. The van der Waals surface area contributed by atoms with E-state index in [4.69, 9.17) is 0 Å². The monoisotopic (exact) mass is 261 g/mol. The molecule has 1 aromatic heterocycles. The third-order valence-corrected chi connectivity index (χ3v) is 3.02. The molecule has 0 aliphatic carbocycles. The lowest BCUT2D eigenvalue weighted by Crippen LogP contribution is -2.04. The second kappa shape index (κ2) is 5.61. The highest BCUT2D eigenvalue weighted by Gasteiger charge is 2.08. The van der Waals surface area contributed by atoms with Crippen LogP contribution in [0.25, 0.3) is 11.4 Å². The number of hydrogen-bond acceptors (Lipinski definition) is 3. The summed E-state index contributed by atoms with van der Waals surface area (Å²) >= 11 is 0. The molecule has 0 atom stereocenters. The van der Waals surface area contributed by atoms with Crippen LogP contribution in [0.15, 0.2) is 65.8 Å². The molecule has 0 N–H and O–H groups in total. The Kier molecular flexibility index (Phi) is 3.50. The highest BCUT2D eigenvalue weighted by Crippen LogP contribution is 2.16. The Morgan fingerprint density at radius 2 is 1.85 bits per heavy atom. The van der Waals surface area contributed by atoms with Crippen molar-refractivity contribution in [3.05, 3.63) is 72.2 Å². The van der Waals surface area contributed by atoms with Crippen molar-refractivity contribution in [1.29, 1.82) is 0 Å². The smallest absolute Gasteiger partial charge is 0.160 e. The average molecular weight is 261 g/mol. The summed E-state index contributed by atoms with van der Waals surface area (Å²) in [6, 6.07) is 12.0. The van der Waals surface area contributed by atoms with Gasteiger partial charge in [-0.2, -0.15) is 0 Å².